The molecule has 2 fully saturated rings. The minimum absolute atomic E-state index is 0.0181. The van der Waals surface area contributed by atoms with Crippen molar-refractivity contribution in [1.29, 1.82) is 0 Å². The maximum atomic E-state index is 13.6. The summed E-state index contributed by atoms with van der Waals surface area (Å²) in [6.07, 6.45) is 7.45. The molecule has 7 heteroatoms. The minimum atomic E-state index is 0.0181. The van der Waals surface area contributed by atoms with Crippen molar-refractivity contribution < 1.29 is 14.3 Å². The molecule has 2 aliphatic rings. The maximum Gasteiger partial charge on any atom is 0.267 e. The number of carbonyl (C=O) groups excluding carboxylic acids is 1. The largest absolute Gasteiger partial charge is 0.493 e. The first-order chi connectivity index (χ1) is 18.1. The number of ether oxygens (including phenoxy) is 2. The molecule has 0 bridgehead atoms. The summed E-state index contributed by atoms with van der Waals surface area (Å²) >= 11 is 7.70. The summed E-state index contributed by atoms with van der Waals surface area (Å²) in [5.74, 6) is 1.23. The van der Waals surface area contributed by atoms with Gasteiger partial charge in [-0.15, -0.1) is 0 Å². The van der Waals surface area contributed by atoms with E-state index in [-0.39, 0.29) is 11.9 Å². The molecule has 3 aromatic rings. The van der Waals surface area contributed by atoms with Crippen molar-refractivity contribution in [3.05, 3.63) is 93.9 Å². The van der Waals surface area contributed by atoms with E-state index in [4.69, 9.17) is 26.1 Å². The van der Waals surface area contributed by atoms with Crippen LogP contribution in [0.1, 0.15) is 43.2 Å². The molecular formula is C30H29ClN2O3S. The highest BCUT2D eigenvalue weighted by Gasteiger charge is 2.38. The number of halogens is 1. The molecule has 5 nitrogen and oxygen atoms in total. The standard InChI is InChI=1S/C30H29ClN2O3S/c1-35-27-18-21(16-17-26(27)36-20-22-10-8-9-15-25(22)31)19-28-29(34)33(24-13-6-3-7-14-24)30(37-28)32-23-11-4-2-5-12-23/h2,4-5,8-12,15-19,24H,3,6-7,13-14,20H2,1H3. The second-order valence-corrected chi connectivity index (χ2v) is 10.5. The van der Waals surface area contributed by atoms with Crippen molar-refractivity contribution in [2.24, 2.45) is 4.99 Å². The summed E-state index contributed by atoms with van der Waals surface area (Å²) in [7, 11) is 1.61. The predicted octanol–water partition coefficient (Wildman–Crippen LogP) is 7.86. The van der Waals surface area contributed by atoms with E-state index in [1.54, 1.807) is 7.11 Å². The summed E-state index contributed by atoms with van der Waals surface area (Å²) < 4.78 is 11.6. The third kappa shape index (κ3) is 6.03. The maximum absolute atomic E-state index is 13.6. The van der Waals surface area contributed by atoms with Gasteiger partial charge in [0.1, 0.15) is 6.61 Å². The van der Waals surface area contributed by atoms with E-state index in [1.807, 2.05) is 83.8 Å². The Balaban J connectivity index is 1.40. The molecule has 0 atom stereocenters. The lowest BCUT2D eigenvalue weighted by Gasteiger charge is -2.30. The zero-order valence-corrected chi connectivity index (χ0v) is 22.3. The summed E-state index contributed by atoms with van der Waals surface area (Å²) in [6, 6.07) is 23.3. The van der Waals surface area contributed by atoms with Crippen LogP contribution in [0.15, 0.2) is 82.7 Å². The number of hydrogen-bond donors (Lipinski definition) is 0. The first-order valence-electron chi connectivity index (χ1n) is 12.5. The molecule has 3 aromatic carbocycles. The number of hydrogen-bond acceptors (Lipinski definition) is 5. The van der Waals surface area contributed by atoms with E-state index in [1.165, 1.54) is 18.2 Å². The Kier molecular flexibility index (Phi) is 8.17. The number of benzene rings is 3. The monoisotopic (exact) mass is 532 g/mol. The smallest absolute Gasteiger partial charge is 0.267 e. The third-order valence-corrected chi connectivity index (χ3v) is 7.94. The fourth-order valence-electron chi connectivity index (χ4n) is 4.65. The fourth-order valence-corrected chi connectivity index (χ4v) is 5.90. The van der Waals surface area contributed by atoms with Crippen LogP contribution >= 0.6 is 23.4 Å². The van der Waals surface area contributed by atoms with Crippen molar-refractivity contribution in [3.63, 3.8) is 0 Å². The lowest BCUT2D eigenvalue weighted by molar-refractivity contribution is -0.124. The Morgan fingerprint density at radius 1 is 1.00 bits per heavy atom. The van der Waals surface area contributed by atoms with Crippen LogP contribution < -0.4 is 9.47 Å². The molecule has 0 radical (unpaired) electrons. The van der Waals surface area contributed by atoms with Gasteiger partial charge < -0.3 is 9.47 Å². The number of carbonyl (C=O) groups is 1. The van der Waals surface area contributed by atoms with E-state index >= 15 is 0 Å². The number of para-hydroxylation sites is 1. The summed E-state index contributed by atoms with van der Waals surface area (Å²) in [6.45, 7) is 0.334. The molecule has 1 saturated heterocycles. The highest BCUT2D eigenvalue weighted by atomic mass is 35.5. The molecule has 5 rings (SSSR count). The summed E-state index contributed by atoms with van der Waals surface area (Å²) in [5, 5.41) is 1.41. The van der Waals surface area contributed by atoms with Gasteiger partial charge in [-0.1, -0.05) is 73.3 Å². The second-order valence-electron chi connectivity index (χ2n) is 9.10. The van der Waals surface area contributed by atoms with Crippen LogP contribution in [0, 0.1) is 0 Å². The Morgan fingerprint density at radius 3 is 2.51 bits per heavy atom. The topological polar surface area (TPSA) is 51.1 Å². The Labute approximate surface area is 227 Å². The molecule has 37 heavy (non-hydrogen) atoms. The van der Waals surface area contributed by atoms with Gasteiger partial charge in [-0.3, -0.25) is 9.69 Å². The predicted molar refractivity (Wildman–Crippen MR) is 152 cm³/mol. The van der Waals surface area contributed by atoms with E-state index in [0.717, 1.165) is 47.7 Å². The first-order valence-corrected chi connectivity index (χ1v) is 13.7. The fraction of sp³-hybridized carbons (Fsp3) is 0.267. The van der Waals surface area contributed by atoms with Crippen LogP contribution in [-0.4, -0.2) is 29.1 Å². The highest BCUT2D eigenvalue weighted by Crippen LogP contribution is 2.39. The van der Waals surface area contributed by atoms with Gasteiger partial charge in [-0.25, -0.2) is 4.99 Å². The van der Waals surface area contributed by atoms with Gasteiger partial charge in [-0.2, -0.15) is 0 Å². The van der Waals surface area contributed by atoms with Crippen molar-refractivity contribution in [3.8, 4) is 11.5 Å². The van der Waals surface area contributed by atoms with Crippen LogP contribution in [0.2, 0.25) is 5.02 Å². The quantitative estimate of drug-likeness (QED) is 0.290. The van der Waals surface area contributed by atoms with Gasteiger partial charge in [0.2, 0.25) is 0 Å². The lowest BCUT2D eigenvalue weighted by Crippen LogP contribution is -2.40. The van der Waals surface area contributed by atoms with Gasteiger partial charge in [0.25, 0.3) is 5.91 Å². The van der Waals surface area contributed by atoms with E-state index in [9.17, 15) is 4.79 Å². The molecule has 0 spiro atoms. The van der Waals surface area contributed by atoms with Gasteiger partial charge in [0.15, 0.2) is 16.7 Å². The van der Waals surface area contributed by atoms with Gasteiger partial charge in [0.05, 0.1) is 17.7 Å². The Morgan fingerprint density at radius 2 is 1.76 bits per heavy atom. The normalized spacial score (nSPS) is 18.5. The molecule has 1 heterocycles. The summed E-state index contributed by atoms with van der Waals surface area (Å²) in [5.41, 5.74) is 2.61. The number of rotatable bonds is 7. The van der Waals surface area contributed by atoms with Crippen LogP contribution in [0.4, 0.5) is 5.69 Å². The van der Waals surface area contributed by atoms with Gasteiger partial charge in [0, 0.05) is 16.6 Å². The van der Waals surface area contributed by atoms with Crippen LogP contribution in [0.3, 0.4) is 0 Å². The zero-order chi connectivity index (χ0) is 25.6. The average Bonchev–Trinajstić information content (AvgIpc) is 3.23. The SMILES string of the molecule is COc1cc(C=C2SC(=Nc3ccccc3)N(C3CCCCC3)C2=O)ccc1OCc1ccccc1Cl. The van der Waals surface area contributed by atoms with Crippen LogP contribution in [0.25, 0.3) is 6.08 Å². The molecule has 0 unspecified atom stereocenters. The highest BCUT2D eigenvalue weighted by molar-refractivity contribution is 8.18. The molecule has 190 valence electrons. The summed E-state index contributed by atoms with van der Waals surface area (Å²) in [4.78, 5) is 21.0. The second kappa shape index (κ2) is 11.9. The molecule has 0 N–H and O–H groups in total. The average molecular weight is 533 g/mol. The number of amidine groups is 1. The number of amides is 1. The Bertz CT molecular complexity index is 1320. The number of thioether (sulfide) groups is 1. The molecular weight excluding hydrogens is 504 g/mol. The first kappa shape index (κ1) is 25.4. The van der Waals surface area contributed by atoms with Crippen molar-refractivity contribution in [2.45, 2.75) is 44.8 Å². The zero-order valence-electron chi connectivity index (χ0n) is 20.7. The molecule has 1 amide bonds. The number of nitrogens with zero attached hydrogens (tertiary/aromatic N) is 2. The van der Waals surface area contributed by atoms with Gasteiger partial charge in [-0.05, 0) is 66.6 Å². The van der Waals surface area contributed by atoms with E-state index in [0.29, 0.717) is 28.0 Å². The van der Waals surface area contributed by atoms with Crippen molar-refractivity contribution in [2.75, 3.05) is 7.11 Å². The molecule has 1 aliphatic heterocycles. The van der Waals surface area contributed by atoms with E-state index < -0.39 is 0 Å². The van der Waals surface area contributed by atoms with Crippen LogP contribution in [-0.2, 0) is 11.4 Å². The van der Waals surface area contributed by atoms with Crippen LogP contribution in [0.5, 0.6) is 11.5 Å². The Hall–Kier alpha value is -3.22. The third-order valence-electron chi connectivity index (χ3n) is 6.58. The molecule has 0 aromatic heterocycles. The number of aliphatic imine (C=N–C) groups is 1. The molecule has 1 saturated carbocycles. The van der Waals surface area contributed by atoms with Gasteiger partial charge >= 0.3 is 0 Å². The van der Waals surface area contributed by atoms with Crippen molar-refractivity contribution >= 4 is 46.2 Å². The number of methoxy groups -OCH3 is 1. The molecule has 1 aliphatic carbocycles. The van der Waals surface area contributed by atoms with Crippen molar-refractivity contribution in [1.82, 2.24) is 4.90 Å². The van der Waals surface area contributed by atoms with E-state index in [2.05, 4.69) is 0 Å². The lowest BCUT2D eigenvalue weighted by atomic mass is 9.94. The minimum Gasteiger partial charge on any atom is -0.493 e.